The fourth-order valence-electron chi connectivity index (χ4n) is 3.22. The highest BCUT2D eigenvalue weighted by molar-refractivity contribution is 14.0. The first-order valence-corrected chi connectivity index (χ1v) is 8.96. The van der Waals surface area contributed by atoms with E-state index in [1.165, 1.54) is 5.56 Å². The molecule has 0 atom stereocenters. The molecular formula is C20H34IN3O2. The number of hydrogen-bond donors (Lipinski definition) is 1. The summed E-state index contributed by atoms with van der Waals surface area (Å²) in [6.07, 6.45) is 2.02. The van der Waals surface area contributed by atoms with Crippen LogP contribution < -0.4 is 14.8 Å². The summed E-state index contributed by atoms with van der Waals surface area (Å²) in [5.74, 6) is 2.55. The lowest BCUT2D eigenvalue weighted by Crippen LogP contribution is -2.72. The number of rotatable bonds is 6. The van der Waals surface area contributed by atoms with Crippen LogP contribution in [0.15, 0.2) is 23.2 Å². The molecule has 2 rings (SSSR count). The summed E-state index contributed by atoms with van der Waals surface area (Å²) in [6, 6.07) is 6.11. The van der Waals surface area contributed by atoms with Crippen molar-refractivity contribution < 1.29 is 9.47 Å². The molecule has 1 N–H and O–H groups in total. The quantitative estimate of drug-likeness (QED) is 0.293. The van der Waals surface area contributed by atoms with E-state index in [0.29, 0.717) is 5.41 Å². The van der Waals surface area contributed by atoms with Gasteiger partial charge in [0, 0.05) is 31.1 Å². The first kappa shape index (κ1) is 22.9. The summed E-state index contributed by atoms with van der Waals surface area (Å²) in [7, 11) is 5.19. The number of aryl methyl sites for hydroxylation is 1. The molecule has 0 unspecified atom stereocenters. The lowest BCUT2D eigenvalue weighted by molar-refractivity contribution is -0.0667. The summed E-state index contributed by atoms with van der Waals surface area (Å²) >= 11 is 0. The SMILES string of the molecule is CN=C(NCCCc1ccc(OC)c(OC)c1)N1CC(C)(C)C1(C)C.I. The molecular weight excluding hydrogens is 441 g/mol. The summed E-state index contributed by atoms with van der Waals surface area (Å²) in [5.41, 5.74) is 1.68. The number of aliphatic imine (C=N–C) groups is 1. The molecule has 0 spiro atoms. The highest BCUT2D eigenvalue weighted by Gasteiger charge is 2.53. The number of guanidine groups is 1. The zero-order valence-corrected chi connectivity index (χ0v) is 19.5. The van der Waals surface area contributed by atoms with Gasteiger partial charge in [-0.1, -0.05) is 19.9 Å². The van der Waals surface area contributed by atoms with Crippen LogP contribution in [0, 0.1) is 5.41 Å². The number of nitrogens with zero attached hydrogens (tertiary/aromatic N) is 2. The Hall–Kier alpha value is -1.18. The molecule has 1 fully saturated rings. The van der Waals surface area contributed by atoms with Crippen molar-refractivity contribution in [2.24, 2.45) is 10.4 Å². The van der Waals surface area contributed by atoms with Crippen molar-refractivity contribution in [2.75, 3.05) is 34.4 Å². The molecule has 1 aromatic rings. The zero-order chi connectivity index (χ0) is 18.7. The molecule has 1 saturated heterocycles. The Morgan fingerprint density at radius 1 is 1.15 bits per heavy atom. The summed E-state index contributed by atoms with van der Waals surface area (Å²) in [4.78, 5) is 6.83. The number of likely N-dealkylation sites (tertiary alicyclic amines) is 1. The maximum atomic E-state index is 5.37. The molecule has 26 heavy (non-hydrogen) atoms. The molecule has 0 aliphatic carbocycles. The molecule has 1 heterocycles. The minimum atomic E-state index is 0. The van der Waals surface area contributed by atoms with Gasteiger partial charge in [0.2, 0.25) is 0 Å². The minimum Gasteiger partial charge on any atom is -0.493 e. The predicted octanol–water partition coefficient (Wildman–Crippen LogP) is 3.95. The normalized spacial score (nSPS) is 17.8. The highest BCUT2D eigenvalue weighted by Crippen LogP contribution is 2.46. The molecule has 0 saturated carbocycles. The van der Waals surface area contributed by atoms with Crippen molar-refractivity contribution in [1.82, 2.24) is 10.2 Å². The summed E-state index contributed by atoms with van der Waals surface area (Å²) in [5, 5.41) is 3.51. The molecule has 1 aliphatic rings. The van der Waals surface area contributed by atoms with Crippen molar-refractivity contribution in [2.45, 2.75) is 46.1 Å². The van der Waals surface area contributed by atoms with E-state index in [4.69, 9.17) is 9.47 Å². The maximum Gasteiger partial charge on any atom is 0.194 e. The standard InChI is InChI=1S/C20H33N3O2.HI/c1-19(2)14-23(20(19,3)4)18(21-5)22-12-8-9-15-10-11-16(24-6)17(13-15)25-7;/h10-11,13H,8-9,12,14H2,1-7H3,(H,21,22);1H. The average molecular weight is 475 g/mol. The van der Waals surface area contributed by atoms with E-state index in [0.717, 1.165) is 43.4 Å². The van der Waals surface area contributed by atoms with Crippen LogP contribution in [0.5, 0.6) is 11.5 Å². The Morgan fingerprint density at radius 3 is 2.31 bits per heavy atom. The molecule has 5 nitrogen and oxygen atoms in total. The molecule has 1 aliphatic heterocycles. The number of methoxy groups -OCH3 is 2. The van der Waals surface area contributed by atoms with E-state index < -0.39 is 0 Å². The van der Waals surface area contributed by atoms with Crippen LogP contribution >= 0.6 is 24.0 Å². The molecule has 1 aromatic carbocycles. The second kappa shape index (κ2) is 9.15. The van der Waals surface area contributed by atoms with Crippen molar-refractivity contribution >= 4 is 29.9 Å². The molecule has 148 valence electrons. The Balaban J connectivity index is 0.00000338. The van der Waals surface area contributed by atoms with Gasteiger partial charge < -0.3 is 19.7 Å². The number of hydrogen-bond acceptors (Lipinski definition) is 3. The Kier molecular flexibility index (Phi) is 8.04. The molecule has 0 radical (unpaired) electrons. The van der Waals surface area contributed by atoms with Crippen molar-refractivity contribution in [3.05, 3.63) is 23.8 Å². The smallest absolute Gasteiger partial charge is 0.194 e. The highest BCUT2D eigenvalue weighted by atomic mass is 127. The fourth-order valence-corrected chi connectivity index (χ4v) is 3.22. The largest absolute Gasteiger partial charge is 0.493 e. The second-order valence-corrected chi connectivity index (χ2v) is 7.80. The van der Waals surface area contributed by atoms with Crippen LogP contribution in [-0.4, -0.2) is 50.8 Å². The summed E-state index contributed by atoms with van der Waals surface area (Å²) < 4.78 is 10.7. The van der Waals surface area contributed by atoms with Gasteiger partial charge in [0.1, 0.15) is 0 Å². The monoisotopic (exact) mass is 475 g/mol. The van der Waals surface area contributed by atoms with Gasteiger partial charge in [-0.2, -0.15) is 0 Å². The Labute approximate surface area is 175 Å². The number of halogens is 1. The maximum absolute atomic E-state index is 5.37. The van der Waals surface area contributed by atoms with E-state index >= 15 is 0 Å². The third-order valence-electron chi connectivity index (χ3n) is 5.73. The first-order chi connectivity index (χ1) is 11.8. The van der Waals surface area contributed by atoms with E-state index in [2.05, 4.69) is 55.0 Å². The Bertz CT molecular complexity index is 629. The van der Waals surface area contributed by atoms with Gasteiger partial charge in [-0.05, 0) is 44.4 Å². The van der Waals surface area contributed by atoms with Crippen LogP contribution in [0.1, 0.15) is 39.7 Å². The van der Waals surface area contributed by atoms with E-state index in [-0.39, 0.29) is 29.5 Å². The third-order valence-corrected chi connectivity index (χ3v) is 5.73. The van der Waals surface area contributed by atoms with Crippen molar-refractivity contribution in [3.63, 3.8) is 0 Å². The molecule has 6 heteroatoms. The number of ether oxygens (including phenoxy) is 2. The van der Waals surface area contributed by atoms with Gasteiger partial charge >= 0.3 is 0 Å². The van der Waals surface area contributed by atoms with Crippen LogP contribution in [0.2, 0.25) is 0 Å². The van der Waals surface area contributed by atoms with Gasteiger partial charge in [-0.3, -0.25) is 4.99 Å². The van der Waals surface area contributed by atoms with Crippen LogP contribution in [-0.2, 0) is 6.42 Å². The molecule has 0 bridgehead atoms. The first-order valence-electron chi connectivity index (χ1n) is 8.96. The third kappa shape index (κ3) is 4.56. The Morgan fingerprint density at radius 2 is 1.81 bits per heavy atom. The van der Waals surface area contributed by atoms with E-state index in [9.17, 15) is 0 Å². The van der Waals surface area contributed by atoms with Crippen LogP contribution in [0.4, 0.5) is 0 Å². The van der Waals surface area contributed by atoms with Crippen LogP contribution in [0.25, 0.3) is 0 Å². The lowest BCUT2D eigenvalue weighted by Gasteiger charge is -2.62. The van der Waals surface area contributed by atoms with Crippen molar-refractivity contribution in [1.29, 1.82) is 0 Å². The van der Waals surface area contributed by atoms with Crippen LogP contribution in [0.3, 0.4) is 0 Å². The predicted molar refractivity (Wildman–Crippen MR) is 119 cm³/mol. The van der Waals surface area contributed by atoms with E-state index in [1.54, 1.807) is 14.2 Å². The second-order valence-electron chi connectivity index (χ2n) is 7.80. The average Bonchev–Trinajstić information content (AvgIpc) is 2.60. The number of nitrogens with one attached hydrogen (secondary N) is 1. The lowest BCUT2D eigenvalue weighted by atomic mass is 9.65. The van der Waals surface area contributed by atoms with Gasteiger partial charge in [0.15, 0.2) is 17.5 Å². The van der Waals surface area contributed by atoms with Gasteiger partial charge in [0.05, 0.1) is 14.2 Å². The zero-order valence-electron chi connectivity index (χ0n) is 17.2. The number of benzene rings is 1. The van der Waals surface area contributed by atoms with Gasteiger partial charge in [-0.25, -0.2) is 0 Å². The van der Waals surface area contributed by atoms with Gasteiger partial charge in [-0.15, -0.1) is 24.0 Å². The summed E-state index contributed by atoms with van der Waals surface area (Å²) in [6.45, 7) is 11.1. The molecule has 0 aromatic heterocycles. The molecule has 0 amide bonds. The van der Waals surface area contributed by atoms with Gasteiger partial charge in [0.25, 0.3) is 0 Å². The van der Waals surface area contributed by atoms with E-state index in [1.807, 2.05) is 13.1 Å². The fraction of sp³-hybridized carbons (Fsp3) is 0.650. The minimum absolute atomic E-state index is 0. The van der Waals surface area contributed by atoms with Crippen molar-refractivity contribution in [3.8, 4) is 11.5 Å². The topological polar surface area (TPSA) is 46.1 Å².